The summed E-state index contributed by atoms with van der Waals surface area (Å²) in [6.07, 6.45) is -5.65. The maximum absolute atomic E-state index is 10.5. The van der Waals surface area contributed by atoms with Crippen LogP contribution in [0.1, 0.15) is 13.8 Å². The number of esters is 1. The second kappa shape index (κ2) is 5.69. The minimum absolute atomic E-state index is 0.192. The lowest BCUT2D eigenvalue weighted by atomic mass is 10.1. The zero-order valence-corrected chi connectivity index (χ0v) is 7.95. The van der Waals surface area contributed by atoms with E-state index in [2.05, 4.69) is 4.74 Å². The van der Waals surface area contributed by atoms with Gasteiger partial charge in [0, 0.05) is 6.92 Å². The molecule has 0 saturated carbocycles. The van der Waals surface area contributed by atoms with E-state index in [0.717, 1.165) is 6.92 Å². The molecular formula is C8H14O6. The van der Waals surface area contributed by atoms with Gasteiger partial charge in [-0.05, 0) is 6.92 Å². The molecule has 0 aliphatic heterocycles. The molecule has 6 nitrogen and oxygen atoms in total. The monoisotopic (exact) mass is 206 g/mol. The largest absolute Gasteiger partial charge is 0.452 e. The summed E-state index contributed by atoms with van der Waals surface area (Å²) < 4.78 is 4.40. The van der Waals surface area contributed by atoms with E-state index >= 15 is 0 Å². The number of carbonyl (C=O) groups excluding carboxylic acids is 2. The molecule has 0 aromatic carbocycles. The van der Waals surface area contributed by atoms with Crippen LogP contribution in [0.4, 0.5) is 0 Å². The average Bonchev–Trinajstić information content (AvgIpc) is 2.11. The third-order valence-electron chi connectivity index (χ3n) is 1.62. The highest BCUT2D eigenvalue weighted by Crippen LogP contribution is 2.06. The van der Waals surface area contributed by atoms with Crippen LogP contribution >= 0.6 is 0 Å². The Labute approximate surface area is 81.1 Å². The van der Waals surface area contributed by atoms with Gasteiger partial charge in [-0.25, -0.2) is 0 Å². The van der Waals surface area contributed by atoms with Crippen molar-refractivity contribution in [1.29, 1.82) is 0 Å². The van der Waals surface area contributed by atoms with E-state index in [1.165, 1.54) is 6.92 Å². The lowest BCUT2D eigenvalue weighted by Gasteiger charge is -2.24. The molecule has 0 aliphatic rings. The fourth-order valence-corrected chi connectivity index (χ4v) is 0.849. The Morgan fingerprint density at radius 3 is 2.07 bits per heavy atom. The molecule has 0 aromatic rings. The highest BCUT2D eigenvalue weighted by atomic mass is 16.6. The van der Waals surface area contributed by atoms with E-state index in [0.29, 0.717) is 0 Å². The van der Waals surface area contributed by atoms with Crippen molar-refractivity contribution in [3.63, 3.8) is 0 Å². The summed E-state index contributed by atoms with van der Waals surface area (Å²) >= 11 is 0. The minimum Gasteiger partial charge on any atom is -0.452 e. The van der Waals surface area contributed by atoms with Crippen LogP contribution in [0.3, 0.4) is 0 Å². The van der Waals surface area contributed by atoms with Crippen LogP contribution < -0.4 is 0 Å². The van der Waals surface area contributed by atoms with Gasteiger partial charge in [-0.15, -0.1) is 0 Å². The van der Waals surface area contributed by atoms with Crippen molar-refractivity contribution in [1.82, 2.24) is 0 Å². The second-order valence-electron chi connectivity index (χ2n) is 2.93. The zero-order chi connectivity index (χ0) is 11.3. The number of ether oxygens (including phenoxy) is 1. The summed E-state index contributed by atoms with van der Waals surface area (Å²) in [5.74, 6) is -0.751. The Balaban J connectivity index is 4.36. The van der Waals surface area contributed by atoms with Crippen LogP contribution in [0.2, 0.25) is 0 Å². The summed E-state index contributed by atoms with van der Waals surface area (Å²) in [5.41, 5.74) is 0. The number of aliphatic hydroxyl groups is 3. The molecule has 0 heterocycles. The molecule has 0 saturated heterocycles. The van der Waals surface area contributed by atoms with Gasteiger partial charge in [0.15, 0.2) is 12.4 Å². The maximum atomic E-state index is 10.5. The van der Waals surface area contributed by atoms with Gasteiger partial charge < -0.3 is 20.1 Å². The summed E-state index contributed by atoms with van der Waals surface area (Å²) in [6.45, 7) is 2.31. The summed E-state index contributed by atoms with van der Waals surface area (Å²) in [4.78, 5) is 20.9. The van der Waals surface area contributed by atoms with Gasteiger partial charge in [-0.1, -0.05) is 0 Å². The van der Waals surface area contributed by atoms with Crippen molar-refractivity contribution >= 4 is 12.3 Å². The van der Waals surface area contributed by atoms with E-state index in [-0.39, 0.29) is 6.29 Å². The predicted molar refractivity (Wildman–Crippen MR) is 45.3 cm³/mol. The molecule has 0 spiro atoms. The normalized spacial score (nSPS) is 19.2. The van der Waals surface area contributed by atoms with E-state index in [1.807, 2.05) is 0 Å². The second-order valence-corrected chi connectivity index (χ2v) is 2.93. The number of aldehydes is 1. The van der Waals surface area contributed by atoms with E-state index in [1.54, 1.807) is 0 Å². The van der Waals surface area contributed by atoms with Gasteiger partial charge in [-0.3, -0.25) is 9.59 Å². The number of rotatable bonds is 5. The number of carbonyl (C=O) groups is 2. The fourth-order valence-electron chi connectivity index (χ4n) is 0.849. The molecular weight excluding hydrogens is 192 g/mol. The zero-order valence-electron chi connectivity index (χ0n) is 7.95. The molecule has 0 unspecified atom stereocenters. The van der Waals surface area contributed by atoms with Crippen molar-refractivity contribution in [2.75, 3.05) is 0 Å². The van der Waals surface area contributed by atoms with Gasteiger partial charge >= 0.3 is 5.97 Å². The molecule has 0 rings (SSSR count). The summed E-state index contributed by atoms with van der Waals surface area (Å²) in [6, 6.07) is 0. The third kappa shape index (κ3) is 3.82. The van der Waals surface area contributed by atoms with Crippen molar-refractivity contribution in [3.8, 4) is 0 Å². The smallest absolute Gasteiger partial charge is 0.303 e. The number of hydrogen-bond donors (Lipinski definition) is 3. The molecule has 0 radical (unpaired) electrons. The molecule has 0 fully saturated rings. The molecule has 0 bridgehead atoms. The highest BCUT2D eigenvalue weighted by Gasteiger charge is 2.31. The molecule has 0 aliphatic carbocycles. The molecule has 3 N–H and O–H groups in total. The fraction of sp³-hybridized carbons (Fsp3) is 0.750. The van der Waals surface area contributed by atoms with Gasteiger partial charge in [-0.2, -0.15) is 0 Å². The first-order valence-electron chi connectivity index (χ1n) is 4.06. The van der Waals surface area contributed by atoms with Crippen LogP contribution in [0.25, 0.3) is 0 Å². The topological polar surface area (TPSA) is 104 Å². The van der Waals surface area contributed by atoms with Crippen LogP contribution in [0, 0.1) is 0 Å². The highest BCUT2D eigenvalue weighted by molar-refractivity contribution is 5.70. The first-order chi connectivity index (χ1) is 6.40. The van der Waals surface area contributed by atoms with Crippen molar-refractivity contribution in [2.24, 2.45) is 0 Å². The number of hydrogen-bond acceptors (Lipinski definition) is 6. The van der Waals surface area contributed by atoms with Crippen molar-refractivity contribution < 1.29 is 29.6 Å². The molecule has 0 amide bonds. The molecule has 0 aromatic heterocycles. The Bertz CT molecular complexity index is 202. The van der Waals surface area contributed by atoms with E-state index in [4.69, 9.17) is 10.2 Å². The van der Waals surface area contributed by atoms with Gasteiger partial charge in [0.2, 0.25) is 0 Å². The Hall–Kier alpha value is -0.980. The predicted octanol–water partition coefficient (Wildman–Crippen LogP) is -1.78. The minimum atomic E-state index is -1.63. The molecule has 4 atom stereocenters. The van der Waals surface area contributed by atoms with Crippen molar-refractivity contribution in [3.05, 3.63) is 0 Å². The van der Waals surface area contributed by atoms with Crippen LogP contribution in [0.5, 0.6) is 0 Å². The quantitative estimate of drug-likeness (QED) is 0.363. The lowest BCUT2D eigenvalue weighted by Crippen LogP contribution is -2.45. The van der Waals surface area contributed by atoms with Crippen LogP contribution in [-0.2, 0) is 14.3 Å². The molecule has 6 heteroatoms. The number of aliphatic hydroxyl groups excluding tert-OH is 3. The van der Waals surface area contributed by atoms with Gasteiger partial charge in [0.25, 0.3) is 0 Å². The third-order valence-corrected chi connectivity index (χ3v) is 1.62. The van der Waals surface area contributed by atoms with Gasteiger partial charge in [0.1, 0.15) is 12.2 Å². The van der Waals surface area contributed by atoms with E-state index in [9.17, 15) is 14.7 Å². The Kier molecular flexibility index (Phi) is 5.29. The van der Waals surface area contributed by atoms with Gasteiger partial charge in [0.05, 0.1) is 6.10 Å². The SMILES string of the molecule is CC(=O)O[C@@H](C=O)[C@@H](O)[C@H](O)[C@@H](C)O. The maximum Gasteiger partial charge on any atom is 0.303 e. The summed E-state index contributed by atoms with van der Waals surface area (Å²) in [5, 5.41) is 27.3. The van der Waals surface area contributed by atoms with Crippen molar-refractivity contribution in [2.45, 2.75) is 38.3 Å². The van der Waals surface area contributed by atoms with E-state index < -0.39 is 30.4 Å². The standard InChI is InChI=1S/C8H14O6/c1-4(10)7(12)8(13)6(3-9)14-5(2)11/h3-4,6-8,10,12-13H,1-2H3/t4-,6+,7-,8-/m1/s1. The Morgan fingerprint density at radius 2 is 1.79 bits per heavy atom. The molecule has 14 heavy (non-hydrogen) atoms. The average molecular weight is 206 g/mol. The van der Waals surface area contributed by atoms with Crippen LogP contribution in [0.15, 0.2) is 0 Å². The molecule has 82 valence electrons. The Morgan fingerprint density at radius 1 is 1.29 bits per heavy atom. The summed E-state index contributed by atoms with van der Waals surface area (Å²) in [7, 11) is 0. The van der Waals surface area contributed by atoms with Crippen LogP contribution in [-0.4, -0.2) is 52.0 Å². The lowest BCUT2D eigenvalue weighted by molar-refractivity contribution is -0.164. The first-order valence-corrected chi connectivity index (χ1v) is 4.06. The first kappa shape index (κ1) is 13.0.